The minimum absolute atomic E-state index is 0.0770. The van der Waals surface area contributed by atoms with Gasteiger partial charge in [-0.3, -0.25) is 4.79 Å². The van der Waals surface area contributed by atoms with Gasteiger partial charge in [0.05, 0.1) is 0 Å². The monoisotopic (exact) mass is 359 g/mol. The molecule has 1 aliphatic rings. The van der Waals surface area contributed by atoms with Crippen molar-refractivity contribution in [2.75, 3.05) is 13.2 Å². The first-order valence-corrected chi connectivity index (χ1v) is 9.07. The second-order valence-electron chi connectivity index (χ2n) is 6.48. The molecule has 0 aromatic heterocycles. The smallest absolute Gasteiger partial charge is 0.264 e. The maximum Gasteiger partial charge on any atom is 0.264 e. The van der Waals surface area contributed by atoms with E-state index in [1.54, 1.807) is 0 Å². The number of carbonyl (C=O) groups excluding carboxylic acids is 1. The first-order valence-electron chi connectivity index (χ1n) is 9.07. The summed E-state index contributed by atoms with van der Waals surface area (Å²) in [5, 5.41) is 3.04. The van der Waals surface area contributed by atoms with Gasteiger partial charge in [0.25, 0.3) is 5.91 Å². The Morgan fingerprint density at radius 3 is 2.04 bits per heavy atom. The molecule has 0 radical (unpaired) electrons. The molecule has 3 aromatic rings. The summed E-state index contributed by atoms with van der Waals surface area (Å²) in [7, 11) is 0. The molecule has 0 bridgehead atoms. The van der Waals surface area contributed by atoms with E-state index in [0.29, 0.717) is 18.0 Å². The quantitative estimate of drug-likeness (QED) is 0.754. The van der Waals surface area contributed by atoms with E-state index in [-0.39, 0.29) is 18.4 Å². The van der Waals surface area contributed by atoms with E-state index in [0.717, 1.165) is 11.1 Å². The molecule has 4 nitrogen and oxygen atoms in total. The lowest BCUT2D eigenvalue weighted by Gasteiger charge is -2.26. The Morgan fingerprint density at radius 1 is 0.852 bits per heavy atom. The number of para-hydroxylation sites is 2. The van der Waals surface area contributed by atoms with E-state index < -0.39 is 6.10 Å². The van der Waals surface area contributed by atoms with Gasteiger partial charge in [0.1, 0.15) is 6.61 Å². The molecule has 0 spiro atoms. The van der Waals surface area contributed by atoms with E-state index in [1.807, 2.05) is 60.7 Å². The van der Waals surface area contributed by atoms with Crippen LogP contribution in [0.15, 0.2) is 84.9 Å². The highest BCUT2D eigenvalue weighted by Crippen LogP contribution is 2.31. The van der Waals surface area contributed by atoms with E-state index in [1.165, 1.54) is 0 Å². The zero-order valence-electron chi connectivity index (χ0n) is 14.9. The van der Waals surface area contributed by atoms with Crippen LogP contribution in [0, 0.1) is 0 Å². The number of carbonyl (C=O) groups is 1. The molecule has 3 aromatic carbocycles. The Morgan fingerprint density at radius 2 is 1.41 bits per heavy atom. The minimum atomic E-state index is -0.646. The summed E-state index contributed by atoms with van der Waals surface area (Å²) in [5.41, 5.74) is 2.32. The highest BCUT2D eigenvalue weighted by Gasteiger charge is 2.27. The van der Waals surface area contributed by atoms with Crippen LogP contribution < -0.4 is 14.8 Å². The van der Waals surface area contributed by atoms with E-state index in [2.05, 4.69) is 29.6 Å². The molecule has 1 N–H and O–H groups in total. The number of fused-ring (bicyclic) bond motifs is 1. The minimum Gasteiger partial charge on any atom is -0.485 e. The third kappa shape index (κ3) is 3.95. The average Bonchev–Trinajstić information content (AvgIpc) is 2.75. The fraction of sp³-hybridized carbons (Fsp3) is 0.174. The van der Waals surface area contributed by atoms with Crippen LogP contribution in [0.4, 0.5) is 0 Å². The van der Waals surface area contributed by atoms with Gasteiger partial charge >= 0.3 is 0 Å². The Labute approximate surface area is 158 Å². The molecular formula is C23H21NO3. The number of benzene rings is 3. The molecule has 4 heteroatoms. The van der Waals surface area contributed by atoms with Gasteiger partial charge in [0.2, 0.25) is 6.10 Å². The highest BCUT2D eigenvalue weighted by molar-refractivity contribution is 5.81. The van der Waals surface area contributed by atoms with Gasteiger partial charge in [-0.25, -0.2) is 0 Å². The third-order valence-electron chi connectivity index (χ3n) is 4.69. The standard InChI is InChI=1S/C23H21NO3/c25-23(22-16-26-20-13-7-8-14-21(20)27-22)24-15-19(17-9-3-1-4-10-17)18-11-5-2-6-12-18/h1-14,19,22H,15-16H2,(H,24,25). The van der Waals surface area contributed by atoms with Crippen molar-refractivity contribution >= 4 is 5.91 Å². The van der Waals surface area contributed by atoms with Gasteiger partial charge in [-0.2, -0.15) is 0 Å². The highest BCUT2D eigenvalue weighted by atomic mass is 16.6. The van der Waals surface area contributed by atoms with Crippen molar-refractivity contribution < 1.29 is 14.3 Å². The molecule has 0 saturated heterocycles. The third-order valence-corrected chi connectivity index (χ3v) is 4.69. The van der Waals surface area contributed by atoms with Gasteiger partial charge in [0, 0.05) is 12.5 Å². The molecule has 0 saturated carbocycles. The Balaban J connectivity index is 1.46. The van der Waals surface area contributed by atoms with E-state index >= 15 is 0 Å². The van der Waals surface area contributed by atoms with Crippen molar-refractivity contribution in [1.82, 2.24) is 5.32 Å². The van der Waals surface area contributed by atoms with Crippen molar-refractivity contribution in [2.24, 2.45) is 0 Å². The zero-order valence-corrected chi connectivity index (χ0v) is 14.9. The van der Waals surface area contributed by atoms with Crippen molar-refractivity contribution in [3.05, 3.63) is 96.1 Å². The molecule has 1 amide bonds. The van der Waals surface area contributed by atoms with Gasteiger partial charge in [0.15, 0.2) is 11.5 Å². The number of hydrogen-bond acceptors (Lipinski definition) is 3. The predicted octanol–water partition coefficient (Wildman–Crippen LogP) is 3.77. The summed E-state index contributed by atoms with van der Waals surface area (Å²) in [6.07, 6.45) is -0.646. The van der Waals surface area contributed by atoms with Crippen LogP contribution in [-0.4, -0.2) is 25.2 Å². The van der Waals surface area contributed by atoms with Crippen LogP contribution in [-0.2, 0) is 4.79 Å². The second-order valence-corrected chi connectivity index (χ2v) is 6.48. The molecular weight excluding hydrogens is 338 g/mol. The van der Waals surface area contributed by atoms with Crippen LogP contribution >= 0.6 is 0 Å². The number of rotatable bonds is 5. The Hall–Kier alpha value is -3.27. The maximum absolute atomic E-state index is 12.7. The van der Waals surface area contributed by atoms with E-state index in [4.69, 9.17) is 9.47 Å². The molecule has 1 aliphatic heterocycles. The lowest BCUT2D eigenvalue weighted by atomic mass is 9.91. The molecule has 27 heavy (non-hydrogen) atoms. The van der Waals surface area contributed by atoms with E-state index in [9.17, 15) is 4.79 Å². The normalized spacial score (nSPS) is 15.4. The SMILES string of the molecule is O=C(NCC(c1ccccc1)c1ccccc1)C1COc2ccccc2O1. The van der Waals surface area contributed by atoms with Crippen molar-refractivity contribution in [3.63, 3.8) is 0 Å². The predicted molar refractivity (Wildman–Crippen MR) is 104 cm³/mol. The Bertz CT molecular complexity index is 856. The van der Waals surface area contributed by atoms with Crippen molar-refractivity contribution in [2.45, 2.75) is 12.0 Å². The van der Waals surface area contributed by atoms with Gasteiger partial charge < -0.3 is 14.8 Å². The molecule has 1 heterocycles. The summed E-state index contributed by atoms with van der Waals surface area (Å²) in [4.78, 5) is 12.7. The van der Waals surface area contributed by atoms with Crippen LogP contribution in [0.5, 0.6) is 11.5 Å². The second kappa shape index (κ2) is 7.96. The Kier molecular flexibility index (Phi) is 5.06. The zero-order chi connectivity index (χ0) is 18.5. The summed E-state index contributed by atoms with van der Waals surface area (Å²) in [5.74, 6) is 1.19. The number of amides is 1. The van der Waals surface area contributed by atoms with Crippen molar-refractivity contribution in [3.8, 4) is 11.5 Å². The average molecular weight is 359 g/mol. The largest absolute Gasteiger partial charge is 0.485 e. The summed E-state index contributed by atoms with van der Waals surface area (Å²) in [6.45, 7) is 0.707. The molecule has 136 valence electrons. The lowest BCUT2D eigenvalue weighted by molar-refractivity contribution is -0.130. The first kappa shape index (κ1) is 17.2. The lowest BCUT2D eigenvalue weighted by Crippen LogP contribution is -2.45. The van der Waals surface area contributed by atoms with Crippen LogP contribution in [0.25, 0.3) is 0 Å². The summed E-state index contributed by atoms with van der Waals surface area (Å²) >= 11 is 0. The van der Waals surface area contributed by atoms with Crippen LogP contribution in [0.3, 0.4) is 0 Å². The molecule has 0 fully saturated rings. The van der Waals surface area contributed by atoms with Crippen LogP contribution in [0.2, 0.25) is 0 Å². The van der Waals surface area contributed by atoms with Crippen molar-refractivity contribution in [1.29, 1.82) is 0 Å². The van der Waals surface area contributed by atoms with Crippen LogP contribution in [0.1, 0.15) is 17.0 Å². The molecule has 1 atom stereocenters. The topological polar surface area (TPSA) is 47.6 Å². The first-order chi connectivity index (χ1) is 13.3. The molecule has 1 unspecified atom stereocenters. The summed E-state index contributed by atoms with van der Waals surface area (Å²) < 4.78 is 11.4. The summed E-state index contributed by atoms with van der Waals surface area (Å²) in [6, 6.07) is 27.8. The number of ether oxygens (including phenoxy) is 2. The molecule has 4 rings (SSSR count). The molecule has 0 aliphatic carbocycles. The number of nitrogens with one attached hydrogen (secondary N) is 1. The fourth-order valence-electron chi connectivity index (χ4n) is 3.26. The maximum atomic E-state index is 12.7. The van der Waals surface area contributed by atoms with Gasteiger partial charge in [-0.1, -0.05) is 72.8 Å². The number of hydrogen-bond donors (Lipinski definition) is 1. The van der Waals surface area contributed by atoms with Gasteiger partial charge in [-0.15, -0.1) is 0 Å². The fourth-order valence-corrected chi connectivity index (χ4v) is 3.26. The van der Waals surface area contributed by atoms with Gasteiger partial charge in [-0.05, 0) is 23.3 Å².